The molecule has 0 aliphatic heterocycles. The number of hydrogen-bond acceptors (Lipinski definition) is 7. The Balaban J connectivity index is 3.70. The highest BCUT2D eigenvalue weighted by Crippen LogP contribution is 2.38. The normalized spacial score (nSPS) is 10.4. The zero-order chi connectivity index (χ0) is 17.0. The first-order valence-electron chi connectivity index (χ1n) is 6.13. The summed E-state index contributed by atoms with van der Waals surface area (Å²) in [5, 5.41) is 22.8. The maximum absolute atomic E-state index is 12.2. The number of nitrogens with zero attached hydrogens (tertiary/aromatic N) is 3. The average Bonchev–Trinajstić information content (AvgIpc) is 2.46. The molecule has 0 unspecified atom stereocenters. The van der Waals surface area contributed by atoms with Gasteiger partial charge in [-0.15, -0.1) is 0 Å². The largest absolute Gasteiger partial charge is 0.298 e. The predicted molar refractivity (Wildman–Crippen MR) is 78.4 cm³/mol. The summed E-state index contributed by atoms with van der Waals surface area (Å²) in [6, 6.07) is 0.943. The first-order chi connectivity index (χ1) is 10.3. The van der Waals surface area contributed by atoms with E-state index in [9.17, 15) is 25.0 Å². The standard InChI is InChI=1S/C11H14ClN5O5/c1-4-6-8(16(19)20)5-7(9(12)10(6)17(21)22)11(18)15(13-2)14-3/h5,13-14H,4H2,1-3H3. The number of amides is 1. The van der Waals surface area contributed by atoms with E-state index < -0.39 is 32.2 Å². The lowest BCUT2D eigenvalue weighted by Gasteiger charge is -2.20. The van der Waals surface area contributed by atoms with Crippen LogP contribution in [0.5, 0.6) is 0 Å². The van der Waals surface area contributed by atoms with Gasteiger partial charge in [0.05, 0.1) is 15.4 Å². The highest BCUT2D eigenvalue weighted by Gasteiger charge is 2.33. The molecule has 10 nitrogen and oxygen atoms in total. The molecule has 1 aromatic carbocycles. The first-order valence-corrected chi connectivity index (χ1v) is 6.51. The van der Waals surface area contributed by atoms with Crippen LogP contribution in [0.15, 0.2) is 6.07 Å². The molecule has 1 rings (SSSR count). The summed E-state index contributed by atoms with van der Waals surface area (Å²) in [6.07, 6.45) is 0.0303. The number of halogens is 1. The molecule has 0 saturated heterocycles. The van der Waals surface area contributed by atoms with Crippen molar-refractivity contribution < 1.29 is 14.6 Å². The maximum atomic E-state index is 12.2. The summed E-state index contributed by atoms with van der Waals surface area (Å²) in [5.74, 6) is -0.788. The number of hydrogen-bond donors (Lipinski definition) is 2. The molecule has 0 radical (unpaired) electrons. The molecule has 1 aromatic rings. The Morgan fingerprint density at radius 2 is 1.82 bits per heavy atom. The van der Waals surface area contributed by atoms with Crippen molar-refractivity contribution in [2.24, 2.45) is 0 Å². The fourth-order valence-electron chi connectivity index (χ4n) is 1.96. The van der Waals surface area contributed by atoms with Crippen LogP contribution >= 0.6 is 11.6 Å². The average molecular weight is 332 g/mol. The van der Waals surface area contributed by atoms with E-state index in [1.165, 1.54) is 21.0 Å². The van der Waals surface area contributed by atoms with E-state index in [1.807, 2.05) is 0 Å². The number of carbonyl (C=O) groups excluding carboxylic acids is 1. The highest BCUT2D eigenvalue weighted by molar-refractivity contribution is 6.36. The van der Waals surface area contributed by atoms with Crippen molar-refractivity contribution in [2.45, 2.75) is 13.3 Å². The molecule has 1 amide bonds. The number of carbonyl (C=O) groups is 1. The van der Waals surface area contributed by atoms with Crippen LogP contribution in [0.25, 0.3) is 0 Å². The summed E-state index contributed by atoms with van der Waals surface area (Å²) in [4.78, 5) is 33.0. The molecule has 0 bridgehead atoms. The quantitative estimate of drug-likeness (QED) is 0.595. The number of nitrogens with one attached hydrogen (secondary N) is 2. The number of hydrazine groups is 2. The minimum atomic E-state index is -0.825. The van der Waals surface area contributed by atoms with Gasteiger partial charge in [0.15, 0.2) is 0 Å². The summed E-state index contributed by atoms with van der Waals surface area (Å²) in [6.45, 7) is 1.53. The summed E-state index contributed by atoms with van der Waals surface area (Å²) in [7, 11) is 2.84. The van der Waals surface area contributed by atoms with Crippen molar-refractivity contribution in [2.75, 3.05) is 14.1 Å². The van der Waals surface area contributed by atoms with Crippen molar-refractivity contribution in [3.63, 3.8) is 0 Å². The number of rotatable bonds is 6. The van der Waals surface area contributed by atoms with Gasteiger partial charge < -0.3 is 0 Å². The van der Waals surface area contributed by atoms with Gasteiger partial charge in [-0.05, 0) is 6.42 Å². The SMILES string of the molecule is CCc1c([N+](=O)[O-])cc(C(=O)N(NC)NC)c(Cl)c1[N+](=O)[O-]. The Morgan fingerprint density at radius 3 is 2.18 bits per heavy atom. The van der Waals surface area contributed by atoms with Crippen LogP contribution < -0.4 is 10.9 Å². The van der Waals surface area contributed by atoms with Crippen LogP contribution in [-0.4, -0.2) is 35.0 Å². The fraction of sp³-hybridized carbons (Fsp3) is 0.364. The van der Waals surface area contributed by atoms with Gasteiger partial charge in [-0.25, -0.2) is 16.0 Å². The Morgan fingerprint density at radius 1 is 1.27 bits per heavy atom. The lowest BCUT2D eigenvalue weighted by atomic mass is 10.0. The molecular weight excluding hydrogens is 318 g/mol. The maximum Gasteiger partial charge on any atom is 0.298 e. The smallest absolute Gasteiger partial charge is 0.266 e. The molecule has 0 aliphatic carbocycles. The summed E-state index contributed by atoms with van der Waals surface area (Å²) >= 11 is 5.95. The van der Waals surface area contributed by atoms with Crippen LogP contribution in [0, 0.1) is 20.2 Å². The molecule has 0 fully saturated rings. The van der Waals surface area contributed by atoms with Crippen LogP contribution in [0.3, 0.4) is 0 Å². The minimum absolute atomic E-state index is 0.0303. The topological polar surface area (TPSA) is 131 Å². The van der Waals surface area contributed by atoms with E-state index in [0.717, 1.165) is 11.2 Å². The molecule has 0 aliphatic rings. The third kappa shape index (κ3) is 3.13. The fourth-order valence-corrected chi connectivity index (χ4v) is 2.28. The Bertz CT molecular complexity index is 632. The van der Waals surface area contributed by atoms with E-state index in [2.05, 4.69) is 10.9 Å². The van der Waals surface area contributed by atoms with Crippen LogP contribution in [0.1, 0.15) is 22.8 Å². The third-order valence-electron chi connectivity index (χ3n) is 2.93. The zero-order valence-electron chi connectivity index (χ0n) is 12.0. The summed E-state index contributed by atoms with van der Waals surface area (Å²) in [5.41, 5.74) is 3.33. The van der Waals surface area contributed by atoms with Gasteiger partial charge in [0.25, 0.3) is 17.3 Å². The van der Waals surface area contributed by atoms with E-state index >= 15 is 0 Å². The van der Waals surface area contributed by atoms with Gasteiger partial charge in [-0.2, -0.15) is 0 Å². The van der Waals surface area contributed by atoms with Crippen molar-refractivity contribution in [1.29, 1.82) is 0 Å². The van der Waals surface area contributed by atoms with Crippen molar-refractivity contribution in [3.8, 4) is 0 Å². The van der Waals surface area contributed by atoms with Gasteiger partial charge in [0.1, 0.15) is 10.6 Å². The van der Waals surface area contributed by atoms with E-state index in [4.69, 9.17) is 11.6 Å². The Kier molecular flexibility index (Phi) is 5.74. The van der Waals surface area contributed by atoms with Crippen LogP contribution in [-0.2, 0) is 6.42 Å². The number of benzene rings is 1. The van der Waals surface area contributed by atoms with Gasteiger partial charge in [0.2, 0.25) is 0 Å². The Labute approximate surface area is 130 Å². The van der Waals surface area contributed by atoms with Gasteiger partial charge in [-0.3, -0.25) is 25.0 Å². The monoisotopic (exact) mass is 331 g/mol. The van der Waals surface area contributed by atoms with Crippen LogP contribution in [0.2, 0.25) is 5.02 Å². The lowest BCUT2D eigenvalue weighted by Crippen LogP contribution is -2.48. The zero-order valence-corrected chi connectivity index (χ0v) is 12.8. The van der Waals surface area contributed by atoms with E-state index in [0.29, 0.717) is 0 Å². The summed E-state index contributed by atoms with van der Waals surface area (Å²) < 4.78 is 0. The second-order valence-electron chi connectivity index (χ2n) is 4.04. The highest BCUT2D eigenvalue weighted by atomic mass is 35.5. The molecule has 0 atom stereocenters. The Hall–Kier alpha value is -2.30. The molecule has 22 heavy (non-hydrogen) atoms. The molecule has 0 heterocycles. The third-order valence-corrected chi connectivity index (χ3v) is 3.32. The molecule has 2 N–H and O–H groups in total. The second kappa shape index (κ2) is 7.11. The van der Waals surface area contributed by atoms with E-state index in [-0.39, 0.29) is 17.5 Å². The van der Waals surface area contributed by atoms with Gasteiger partial charge in [-0.1, -0.05) is 18.5 Å². The molecule has 11 heteroatoms. The van der Waals surface area contributed by atoms with Gasteiger partial charge >= 0.3 is 0 Å². The molecule has 0 spiro atoms. The lowest BCUT2D eigenvalue weighted by molar-refractivity contribution is -0.395. The number of nitro benzene ring substituents is 2. The molecule has 120 valence electrons. The second-order valence-corrected chi connectivity index (χ2v) is 4.42. The predicted octanol–water partition coefficient (Wildman–Crippen LogP) is 1.43. The molecular formula is C11H14ClN5O5. The van der Waals surface area contributed by atoms with Gasteiger partial charge in [0, 0.05) is 20.2 Å². The minimum Gasteiger partial charge on any atom is -0.266 e. The van der Waals surface area contributed by atoms with Crippen molar-refractivity contribution in [3.05, 3.63) is 42.4 Å². The molecule has 0 aromatic heterocycles. The molecule has 0 saturated carbocycles. The van der Waals surface area contributed by atoms with Crippen molar-refractivity contribution in [1.82, 2.24) is 16.0 Å². The first kappa shape index (κ1) is 17.8. The van der Waals surface area contributed by atoms with Crippen molar-refractivity contribution >= 4 is 28.9 Å². The van der Waals surface area contributed by atoms with E-state index in [1.54, 1.807) is 0 Å². The number of nitro groups is 2. The van der Waals surface area contributed by atoms with Crippen LogP contribution in [0.4, 0.5) is 11.4 Å².